The number of hydrogen-bond donors (Lipinski definition) is 1. The van der Waals surface area contributed by atoms with Crippen LogP contribution in [0.25, 0.3) is 11.0 Å². The van der Waals surface area contributed by atoms with E-state index in [9.17, 15) is 36.4 Å². The molecule has 9 atom stereocenters. The lowest BCUT2D eigenvalue weighted by atomic mass is 9.69. The molecule has 4 fully saturated rings. The fraction of sp³-hybridized carbons (Fsp3) is 0.721. The predicted molar refractivity (Wildman–Crippen MR) is 210 cm³/mol. The molecule has 330 valence electrons. The average molecular weight is 866 g/mol. The number of methoxy groups -OCH3 is 1. The molecule has 2 bridgehead atoms. The van der Waals surface area contributed by atoms with Gasteiger partial charge in [0.05, 0.1) is 34.7 Å². The summed E-state index contributed by atoms with van der Waals surface area (Å²) in [7, 11) is -2.82. The highest BCUT2D eigenvalue weighted by Crippen LogP contribution is 2.60. The van der Waals surface area contributed by atoms with Gasteiger partial charge in [-0.15, -0.1) is 0 Å². The maximum absolute atomic E-state index is 16.4. The van der Waals surface area contributed by atoms with Crippen LogP contribution in [0.1, 0.15) is 117 Å². The molecule has 17 heteroatoms. The van der Waals surface area contributed by atoms with Crippen LogP contribution in [0.2, 0.25) is 0 Å². The standard InChI is InChI=1S/C43H55F4N3O9S/c1-7-24-32-18-25(34(24)30(51)21-42(20-27(42)37(44)45)39(54)50-60(55,56)41(5)14-15-41)35(53)26(40(2,3)4)19-33(52)58-31-16-22(31)10-8-9-13-43(46,47)36-38(59-32)49-29-17-23(57-6)11-12-28(29)48-36/h11-12,17,22,24-27,31-32,34,37H,7-10,13-16,18-21H2,1-6H3,(H,50,54)/t22-,24-,25?,26-,27+,31-,32+,34-,42-/m1/s1. The van der Waals surface area contributed by atoms with E-state index in [4.69, 9.17) is 14.2 Å². The topological polar surface area (TPSA) is 168 Å². The van der Waals surface area contributed by atoms with Crippen molar-refractivity contribution in [3.8, 4) is 11.6 Å². The highest BCUT2D eigenvalue weighted by atomic mass is 32.2. The van der Waals surface area contributed by atoms with Gasteiger partial charge in [0.25, 0.3) is 5.92 Å². The molecular weight excluding hydrogens is 811 g/mol. The highest BCUT2D eigenvalue weighted by Gasteiger charge is 2.67. The van der Waals surface area contributed by atoms with Crippen molar-refractivity contribution in [2.75, 3.05) is 7.11 Å². The first-order valence-corrected chi connectivity index (χ1v) is 22.5. The van der Waals surface area contributed by atoms with Crippen LogP contribution in [0.15, 0.2) is 18.2 Å². The molecule has 0 spiro atoms. The zero-order valence-electron chi connectivity index (χ0n) is 34.9. The number of carbonyl (C=O) groups is 4. The molecule has 5 aliphatic rings. The summed E-state index contributed by atoms with van der Waals surface area (Å²) < 4.78 is 106. The van der Waals surface area contributed by atoms with Gasteiger partial charge < -0.3 is 14.2 Å². The molecule has 7 rings (SSSR count). The van der Waals surface area contributed by atoms with E-state index < -0.39 is 134 Å². The van der Waals surface area contributed by atoms with Gasteiger partial charge in [-0.05, 0) is 81.8 Å². The summed E-state index contributed by atoms with van der Waals surface area (Å²) in [6, 6.07) is 4.59. The molecule has 4 saturated carbocycles. The number of hydrogen-bond acceptors (Lipinski definition) is 11. The number of halogens is 4. The van der Waals surface area contributed by atoms with Crippen LogP contribution in [0.3, 0.4) is 0 Å². The van der Waals surface area contributed by atoms with Crippen LogP contribution >= 0.6 is 0 Å². The normalized spacial score (nSPS) is 32.7. The maximum Gasteiger partial charge on any atom is 0.306 e. The van der Waals surface area contributed by atoms with Crippen LogP contribution < -0.4 is 14.2 Å². The molecule has 1 N–H and O–H groups in total. The Morgan fingerprint density at radius 1 is 1.02 bits per heavy atom. The monoisotopic (exact) mass is 865 g/mol. The number of rotatable bonds is 9. The number of benzene rings is 1. The van der Waals surface area contributed by atoms with E-state index in [1.807, 2.05) is 4.72 Å². The second kappa shape index (κ2) is 15.8. The third kappa shape index (κ3) is 8.49. The summed E-state index contributed by atoms with van der Waals surface area (Å²) in [6.45, 7) is 8.48. The SMILES string of the molecule is CC[C@@H]1[C@@H]2CC(C(=O)[C@H](C(C)(C)C)CC(=O)O[C@@H]3C[C@H]3CCCCC(F)(F)c3nc4ccc(OC)cc4nc3O2)[C@@H]1C(=O)C[C@]1(C(=O)NS(=O)(=O)C2(C)CC2)C[C@H]1C(F)F. The number of amides is 1. The maximum atomic E-state index is 16.4. The van der Waals surface area contributed by atoms with Crippen LogP contribution in [0, 0.1) is 46.3 Å². The van der Waals surface area contributed by atoms with Crippen molar-refractivity contribution in [1.82, 2.24) is 14.7 Å². The molecule has 1 aliphatic heterocycles. The molecule has 4 aliphatic carbocycles. The number of nitrogens with zero attached hydrogens (tertiary/aromatic N) is 2. The van der Waals surface area contributed by atoms with Gasteiger partial charge in [0.1, 0.15) is 29.5 Å². The number of fused-ring (bicyclic) bond motifs is 5. The number of Topliss-reactive ketones (excluding diaryl/α,β-unsaturated/α-hetero) is 2. The minimum Gasteiger partial charge on any atom is -0.497 e. The third-order valence-electron chi connectivity index (χ3n) is 13.9. The number of carbonyl (C=O) groups excluding carboxylic acids is 4. The minimum absolute atomic E-state index is 0.00591. The first kappa shape index (κ1) is 44.2. The zero-order chi connectivity index (χ0) is 43.7. The molecule has 1 aromatic heterocycles. The Morgan fingerprint density at radius 3 is 2.35 bits per heavy atom. The van der Waals surface area contributed by atoms with E-state index >= 15 is 8.78 Å². The molecule has 12 nitrogen and oxygen atoms in total. The lowest BCUT2D eigenvalue weighted by Crippen LogP contribution is -2.45. The molecule has 1 unspecified atom stereocenters. The van der Waals surface area contributed by atoms with Crippen LogP contribution in [-0.2, 0) is 39.9 Å². The van der Waals surface area contributed by atoms with Crippen molar-refractivity contribution in [2.24, 2.45) is 46.3 Å². The third-order valence-corrected chi connectivity index (χ3v) is 16.1. The first-order valence-electron chi connectivity index (χ1n) is 21.1. The van der Waals surface area contributed by atoms with E-state index in [1.54, 1.807) is 33.8 Å². The van der Waals surface area contributed by atoms with E-state index in [0.717, 1.165) is 0 Å². The van der Waals surface area contributed by atoms with Crippen molar-refractivity contribution < 1.29 is 59.4 Å². The largest absolute Gasteiger partial charge is 0.497 e. The summed E-state index contributed by atoms with van der Waals surface area (Å²) in [5.41, 5.74) is -3.25. The summed E-state index contributed by atoms with van der Waals surface area (Å²) in [5, 5.41) is 0. The number of sulfonamides is 1. The van der Waals surface area contributed by atoms with Crippen molar-refractivity contribution in [3.63, 3.8) is 0 Å². The number of nitrogens with one attached hydrogen (secondary N) is 1. The summed E-state index contributed by atoms with van der Waals surface area (Å²) >= 11 is 0. The molecule has 1 amide bonds. The van der Waals surface area contributed by atoms with E-state index in [-0.39, 0.29) is 55.5 Å². The lowest BCUT2D eigenvalue weighted by molar-refractivity contribution is -0.151. The second-order valence-electron chi connectivity index (χ2n) is 19.2. The minimum atomic E-state index is -4.26. The summed E-state index contributed by atoms with van der Waals surface area (Å²) in [5.74, 6) is -12.6. The Morgan fingerprint density at radius 2 is 1.73 bits per heavy atom. The van der Waals surface area contributed by atoms with Gasteiger partial charge in [-0.3, -0.25) is 23.9 Å². The quantitative estimate of drug-likeness (QED) is 0.196. The molecule has 2 aromatic rings. The van der Waals surface area contributed by atoms with Crippen LogP contribution in [-0.4, -0.2) is 72.3 Å². The van der Waals surface area contributed by atoms with Gasteiger partial charge >= 0.3 is 5.97 Å². The van der Waals surface area contributed by atoms with Crippen molar-refractivity contribution >= 4 is 44.5 Å². The molecule has 0 saturated heterocycles. The molecule has 0 radical (unpaired) electrons. The number of alkyl halides is 4. The molecule has 2 heterocycles. The Kier molecular flexibility index (Phi) is 11.6. The van der Waals surface area contributed by atoms with Gasteiger partial charge in [-0.25, -0.2) is 27.2 Å². The van der Waals surface area contributed by atoms with Gasteiger partial charge in [0, 0.05) is 48.5 Å². The summed E-state index contributed by atoms with van der Waals surface area (Å²) in [6.07, 6.45) is -4.46. The van der Waals surface area contributed by atoms with E-state index in [0.29, 0.717) is 25.0 Å². The average Bonchev–Trinajstić information content (AvgIpc) is 4.12. The highest BCUT2D eigenvalue weighted by molar-refractivity contribution is 7.91. The van der Waals surface area contributed by atoms with Gasteiger partial charge in [0.2, 0.25) is 28.2 Å². The van der Waals surface area contributed by atoms with Crippen LogP contribution in [0.4, 0.5) is 17.6 Å². The fourth-order valence-corrected chi connectivity index (χ4v) is 10.9. The van der Waals surface area contributed by atoms with Crippen molar-refractivity contribution in [3.05, 3.63) is 23.9 Å². The summed E-state index contributed by atoms with van der Waals surface area (Å²) in [4.78, 5) is 65.9. The Labute approximate surface area is 347 Å². The number of ether oxygens (including phenoxy) is 3. The number of esters is 1. The zero-order valence-corrected chi connectivity index (χ0v) is 35.7. The number of ketones is 2. The fourth-order valence-electron chi connectivity index (χ4n) is 9.56. The molecule has 1 aromatic carbocycles. The molecular formula is C43H55F4N3O9S. The van der Waals surface area contributed by atoms with Crippen LogP contribution in [0.5, 0.6) is 11.6 Å². The number of aromatic nitrogens is 2. The Balaban J connectivity index is 1.30. The first-order chi connectivity index (χ1) is 28.0. The van der Waals surface area contributed by atoms with E-state index in [2.05, 4.69) is 9.97 Å². The second-order valence-corrected chi connectivity index (χ2v) is 21.4. The lowest BCUT2D eigenvalue weighted by Gasteiger charge is -2.33. The van der Waals surface area contributed by atoms with Crippen molar-refractivity contribution in [1.29, 1.82) is 0 Å². The van der Waals surface area contributed by atoms with Gasteiger partial charge in [-0.2, -0.15) is 8.78 Å². The van der Waals surface area contributed by atoms with Gasteiger partial charge in [0.15, 0.2) is 5.69 Å². The molecule has 60 heavy (non-hydrogen) atoms. The van der Waals surface area contributed by atoms with E-state index in [1.165, 1.54) is 26.2 Å². The predicted octanol–water partition coefficient (Wildman–Crippen LogP) is 7.50. The van der Waals surface area contributed by atoms with Crippen molar-refractivity contribution in [2.45, 2.75) is 141 Å². The Hall–Kier alpha value is -3.89. The smallest absolute Gasteiger partial charge is 0.306 e. The Bertz CT molecular complexity index is 2160. The van der Waals surface area contributed by atoms with Gasteiger partial charge in [-0.1, -0.05) is 34.1 Å².